The monoisotopic (exact) mass is 213 g/mol. The van der Waals surface area contributed by atoms with Crippen LogP contribution in [0.4, 0.5) is 4.39 Å². The highest BCUT2D eigenvalue weighted by Gasteiger charge is 2.08. The Morgan fingerprint density at radius 2 is 2.14 bits per heavy atom. The van der Waals surface area contributed by atoms with E-state index in [0.29, 0.717) is 5.52 Å². The van der Waals surface area contributed by atoms with Crippen LogP contribution in [0.1, 0.15) is 0 Å². The second kappa shape index (κ2) is 2.99. The maximum absolute atomic E-state index is 13.3. The molecule has 0 saturated heterocycles. The van der Waals surface area contributed by atoms with Crippen LogP contribution in [0.3, 0.4) is 0 Å². The molecule has 2 N–H and O–H groups in total. The number of fused-ring (bicyclic) bond motifs is 1. The molecule has 0 atom stereocenters. The Balaban J connectivity index is 2.97. The zero-order valence-electron chi connectivity index (χ0n) is 6.84. The van der Waals surface area contributed by atoms with Gasteiger partial charge in [0.2, 0.25) is 0 Å². The Bertz CT molecular complexity index is 564. The van der Waals surface area contributed by atoms with Gasteiger partial charge in [-0.3, -0.25) is 4.79 Å². The van der Waals surface area contributed by atoms with Crippen LogP contribution >= 0.6 is 11.6 Å². The fourth-order valence-electron chi connectivity index (χ4n) is 1.21. The summed E-state index contributed by atoms with van der Waals surface area (Å²) in [6.45, 7) is 0. The van der Waals surface area contributed by atoms with Crippen LogP contribution in [0, 0.1) is 5.82 Å². The summed E-state index contributed by atoms with van der Waals surface area (Å²) in [4.78, 5) is 13.3. The summed E-state index contributed by atoms with van der Waals surface area (Å²) >= 11 is 5.53. The van der Waals surface area contributed by atoms with Crippen molar-refractivity contribution in [3.05, 3.63) is 39.4 Å². The summed E-state index contributed by atoms with van der Waals surface area (Å²) in [7, 11) is 0. The van der Waals surface area contributed by atoms with Gasteiger partial charge in [0.25, 0.3) is 5.56 Å². The third kappa shape index (κ3) is 1.24. The van der Waals surface area contributed by atoms with Gasteiger partial charge in [-0.15, -0.1) is 0 Å². The van der Waals surface area contributed by atoms with Crippen LogP contribution in [0.15, 0.2) is 23.0 Å². The summed E-state index contributed by atoms with van der Waals surface area (Å²) < 4.78 is 13.3. The first-order chi connectivity index (χ1) is 6.59. The number of aromatic amines is 1. The highest BCUT2D eigenvalue weighted by molar-refractivity contribution is 6.31. The topological polar surface area (TPSA) is 53.1 Å². The van der Waals surface area contributed by atoms with Gasteiger partial charge in [0.05, 0.1) is 10.5 Å². The van der Waals surface area contributed by atoms with E-state index in [9.17, 15) is 9.18 Å². The third-order valence-corrected chi connectivity index (χ3v) is 2.19. The average molecular weight is 214 g/mol. The van der Waals surface area contributed by atoms with E-state index in [0.717, 1.165) is 6.07 Å². The van der Waals surface area contributed by atoms with E-state index in [1.165, 1.54) is 12.1 Å². The van der Waals surface area contributed by atoms with Gasteiger partial charge in [-0.25, -0.2) is 4.39 Å². The number of hydrogen-bond donors (Lipinski definition) is 2. The minimum absolute atomic E-state index is 0.0519. The van der Waals surface area contributed by atoms with E-state index in [1.54, 1.807) is 0 Å². The molecule has 14 heavy (non-hydrogen) atoms. The van der Waals surface area contributed by atoms with Crippen molar-refractivity contribution in [3.63, 3.8) is 0 Å². The van der Waals surface area contributed by atoms with Crippen molar-refractivity contribution >= 4 is 22.5 Å². The van der Waals surface area contributed by atoms with Crippen molar-refractivity contribution in [2.24, 2.45) is 0 Å². The van der Waals surface area contributed by atoms with Gasteiger partial charge >= 0.3 is 0 Å². The van der Waals surface area contributed by atoms with Crippen LogP contribution in [-0.2, 0) is 0 Å². The van der Waals surface area contributed by atoms with E-state index >= 15 is 0 Å². The Kier molecular flexibility index (Phi) is 1.93. The zero-order valence-corrected chi connectivity index (χ0v) is 7.60. The van der Waals surface area contributed by atoms with Crippen LogP contribution in [-0.4, -0.2) is 10.1 Å². The first kappa shape index (κ1) is 9.02. The van der Waals surface area contributed by atoms with Crippen molar-refractivity contribution in [1.82, 2.24) is 4.98 Å². The molecule has 2 rings (SSSR count). The summed E-state index contributed by atoms with van der Waals surface area (Å²) in [5, 5.41) is 9.12. The molecular formula is C9H5ClFNO2. The van der Waals surface area contributed by atoms with E-state index in [4.69, 9.17) is 16.7 Å². The smallest absolute Gasteiger partial charge is 0.290 e. The molecule has 1 aromatic heterocycles. The van der Waals surface area contributed by atoms with Gasteiger partial charge < -0.3 is 10.1 Å². The maximum Gasteiger partial charge on any atom is 0.290 e. The van der Waals surface area contributed by atoms with E-state index in [1.807, 2.05) is 0 Å². The third-order valence-electron chi connectivity index (χ3n) is 1.89. The van der Waals surface area contributed by atoms with Gasteiger partial charge in [-0.1, -0.05) is 11.6 Å². The van der Waals surface area contributed by atoms with Crippen molar-refractivity contribution in [1.29, 1.82) is 0 Å². The molecule has 0 aliphatic carbocycles. The lowest BCUT2D eigenvalue weighted by molar-refractivity contribution is 0.467. The van der Waals surface area contributed by atoms with Gasteiger partial charge in [-0.05, 0) is 18.2 Å². The van der Waals surface area contributed by atoms with Crippen LogP contribution in [0.25, 0.3) is 10.9 Å². The summed E-state index contributed by atoms with van der Waals surface area (Å²) in [5.74, 6) is -1.19. The molecule has 0 unspecified atom stereocenters. The fourth-order valence-corrected chi connectivity index (χ4v) is 1.37. The van der Waals surface area contributed by atoms with Crippen molar-refractivity contribution in [3.8, 4) is 5.75 Å². The average Bonchev–Trinajstić information content (AvgIpc) is 2.15. The number of benzene rings is 1. The summed E-state index contributed by atoms with van der Waals surface area (Å²) in [5.41, 5.74) is -0.353. The lowest BCUT2D eigenvalue weighted by Crippen LogP contribution is -2.04. The van der Waals surface area contributed by atoms with Crippen LogP contribution in [0.5, 0.6) is 5.75 Å². The highest BCUT2D eigenvalue weighted by Crippen LogP contribution is 2.23. The fraction of sp³-hybridized carbons (Fsp3) is 0. The molecular weight excluding hydrogens is 209 g/mol. The molecule has 3 nitrogen and oxygen atoms in total. The van der Waals surface area contributed by atoms with E-state index in [-0.39, 0.29) is 10.4 Å². The van der Waals surface area contributed by atoms with Gasteiger partial charge in [0.15, 0.2) is 11.6 Å². The normalized spacial score (nSPS) is 10.7. The Hall–Kier alpha value is -1.55. The summed E-state index contributed by atoms with van der Waals surface area (Å²) in [6.07, 6.45) is 0. The van der Waals surface area contributed by atoms with Crippen molar-refractivity contribution in [2.75, 3.05) is 0 Å². The number of halogens is 2. The number of rotatable bonds is 0. The number of aromatic nitrogens is 1. The van der Waals surface area contributed by atoms with E-state index in [2.05, 4.69) is 4.98 Å². The standard InChI is InChI=1S/C9H5ClFNO2/c10-5-1-2-6-4(8(5)11)3-7(13)9(14)12-6/h1-3,13H,(H,12,14). The Morgan fingerprint density at radius 1 is 1.43 bits per heavy atom. The van der Waals surface area contributed by atoms with E-state index < -0.39 is 17.1 Å². The molecule has 72 valence electrons. The number of hydrogen-bond acceptors (Lipinski definition) is 2. The predicted octanol–water partition coefficient (Wildman–Crippen LogP) is 2.03. The molecule has 1 aromatic carbocycles. The number of aromatic hydroxyl groups is 1. The first-order valence-corrected chi connectivity index (χ1v) is 4.17. The predicted molar refractivity (Wildman–Crippen MR) is 51.2 cm³/mol. The molecule has 0 saturated carbocycles. The Labute approximate surface area is 82.8 Å². The van der Waals surface area contributed by atoms with Gasteiger partial charge in [0.1, 0.15) is 0 Å². The molecule has 0 aliphatic heterocycles. The molecule has 0 spiro atoms. The van der Waals surface area contributed by atoms with Gasteiger partial charge in [0, 0.05) is 5.39 Å². The lowest BCUT2D eigenvalue weighted by atomic mass is 10.2. The molecule has 0 amide bonds. The molecule has 2 aromatic rings. The molecule has 0 radical (unpaired) electrons. The van der Waals surface area contributed by atoms with Crippen molar-refractivity contribution in [2.45, 2.75) is 0 Å². The SMILES string of the molecule is O=c1[nH]c2ccc(Cl)c(F)c2cc1O. The minimum atomic E-state index is -0.657. The quantitative estimate of drug-likeness (QED) is 0.704. The zero-order chi connectivity index (χ0) is 10.3. The molecule has 0 fully saturated rings. The molecule has 0 bridgehead atoms. The number of pyridine rings is 1. The minimum Gasteiger partial charge on any atom is -0.503 e. The lowest BCUT2D eigenvalue weighted by Gasteiger charge is -2.01. The molecule has 1 heterocycles. The summed E-state index contributed by atoms with van der Waals surface area (Å²) in [6, 6.07) is 3.86. The molecule has 0 aliphatic rings. The Morgan fingerprint density at radius 3 is 2.86 bits per heavy atom. The first-order valence-electron chi connectivity index (χ1n) is 3.79. The number of H-pyrrole nitrogens is 1. The second-order valence-corrected chi connectivity index (χ2v) is 3.21. The largest absolute Gasteiger partial charge is 0.503 e. The number of nitrogens with one attached hydrogen (secondary N) is 1. The second-order valence-electron chi connectivity index (χ2n) is 2.81. The maximum atomic E-state index is 13.3. The van der Waals surface area contributed by atoms with Gasteiger partial charge in [-0.2, -0.15) is 0 Å². The molecule has 5 heteroatoms. The van der Waals surface area contributed by atoms with Crippen molar-refractivity contribution < 1.29 is 9.50 Å². The van der Waals surface area contributed by atoms with Crippen LogP contribution < -0.4 is 5.56 Å². The highest BCUT2D eigenvalue weighted by atomic mass is 35.5. The van der Waals surface area contributed by atoms with Crippen LogP contribution in [0.2, 0.25) is 5.02 Å².